The summed E-state index contributed by atoms with van der Waals surface area (Å²) in [6.07, 6.45) is 0.760. The number of furan rings is 1. The Balaban J connectivity index is 2.19. The van der Waals surface area contributed by atoms with Crippen LogP contribution in [0.5, 0.6) is 0 Å². The smallest absolute Gasteiger partial charge is 0.287 e. The van der Waals surface area contributed by atoms with Gasteiger partial charge < -0.3 is 15.5 Å². The second kappa shape index (κ2) is 5.33. The Hall–Kier alpha value is -1.33. The van der Waals surface area contributed by atoms with Crippen molar-refractivity contribution in [3.8, 4) is 0 Å². The zero-order valence-electron chi connectivity index (χ0n) is 9.20. The van der Waals surface area contributed by atoms with Crippen LogP contribution in [0, 0.1) is 0 Å². The molecule has 17 heavy (non-hydrogen) atoms. The molecule has 5 heteroatoms. The number of hydrogen-bond donors (Lipinski definition) is 2. The van der Waals surface area contributed by atoms with Crippen LogP contribution in [0.25, 0.3) is 11.0 Å². The minimum absolute atomic E-state index is 0.207. The van der Waals surface area contributed by atoms with Crippen LogP contribution >= 0.6 is 15.9 Å². The summed E-state index contributed by atoms with van der Waals surface area (Å²) in [5.74, 6) is 0.116. The fraction of sp³-hybridized carbons (Fsp3) is 0.250. The standard InChI is InChI=1S/C12H13BrN2O2/c13-9-4-1-3-8-7-10(17-11(8)9)12(16)15-6-2-5-14/h1,3-4,7H,2,5-6,14H2,(H,15,16). The Kier molecular flexibility index (Phi) is 3.81. The molecule has 0 aliphatic heterocycles. The maximum atomic E-state index is 11.7. The fourth-order valence-electron chi connectivity index (χ4n) is 1.53. The van der Waals surface area contributed by atoms with Crippen LogP contribution < -0.4 is 11.1 Å². The van der Waals surface area contributed by atoms with Gasteiger partial charge in [-0.05, 0) is 41.0 Å². The highest BCUT2D eigenvalue weighted by atomic mass is 79.9. The lowest BCUT2D eigenvalue weighted by Gasteiger charge is -2.00. The minimum atomic E-state index is -0.207. The van der Waals surface area contributed by atoms with Crippen LogP contribution in [0.2, 0.25) is 0 Å². The average Bonchev–Trinajstić information content (AvgIpc) is 2.75. The van der Waals surface area contributed by atoms with Gasteiger partial charge >= 0.3 is 0 Å². The molecule has 0 radical (unpaired) electrons. The van der Waals surface area contributed by atoms with E-state index in [0.29, 0.717) is 24.4 Å². The van der Waals surface area contributed by atoms with E-state index in [1.807, 2.05) is 18.2 Å². The van der Waals surface area contributed by atoms with Gasteiger partial charge in [-0.15, -0.1) is 0 Å². The lowest BCUT2D eigenvalue weighted by Crippen LogP contribution is -2.25. The molecule has 4 nitrogen and oxygen atoms in total. The van der Waals surface area contributed by atoms with E-state index in [-0.39, 0.29) is 5.91 Å². The molecule has 0 saturated heterocycles. The summed E-state index contributed by atoms with van der Waals surface area (Å²) in [5.41, 5.74) is 6.04. The summed E-state index contributed by atoms with van der Waals surface area (Å²) < 4.78 is 6.34. The third-order valence-corrected chi connectivity index (χ3v) is 3.01. The first-order valence-electron chi connectivity index (χ1n) is 5.38. The Labute approximate surface area is 107 Å². The van der Waals surface area contributed by atoms with Crippen molar-refractivity contribution < 1.29 is 9.21 Å². The van der Waals surface area contributed by atoms with Crippen LogP contribution in [0.15, 0.2) is 33.2 Å². The van der Waals surface area contributed by atoms with Gasteiger partial charge in [0.1, 0.15) is 5.58 Å². The van der Waals surface area contributed by atoms with Gasteiger partial charge in [-0.1, -0.05) is 12.1 Å². The zero-order valence-corrected chi connectivity index (χ0v) is 10.8. The Morgan fingerprint density at radius 1 is 1.47 bits per heavy atom. The summed E-state index contributed by atoms with van der Waals surface area (Å²) in [7, 11) is 0. The number of hydrogen-bond acceptors (Lipinski definition) is 3. The van der Waals surface area contributed by atoms with Crippen molar-refractivity contribution >= 4 is 32.8 Å². The van der Waals surface area contributed by atoms with Gasteiger partial charge in [0.05, 0.1) is 4.47 Å². The second-order valence-corrected chi connectivity index (χ2v) is 4.52. The van der Waals surface area contributed by atoms with E-state index in [2.05, 4.69) is 21.2 Å². The predicted octanol–water partition coefficient (Wildman–Crippen LogP) is 2.27. The molecule has 0 unspecified atom stereocenters. The lowest BCUT2D eigenvalue weighted by molar-refractivity contribution is 0.0928. The van der Waals surface area contributed by atoms with E-state index >= 15 is 0 Å². The van der Waals surface area contributed by atoms with Crippen LogP contribution in [-0.4, -0.2) is 19.0 Å². The van der Waals surface area contributed by atoms with E-state index in [4.69, 9.17) is 10.2 Å². The van der Waals surface area contributed by atoms with Crippen LogP contribution in [0.1, 0.15) is 17.0 Å². The van der Waals surface area contributed by atoms with Gasteiger partial charge in [-0.25, -0.2) is 0 Å². The topological polar surface area (TPSA) is 68.3 Å². The number of nitrogens with two attached hydrogens (primary N) is 1. The van der Waals surface area contributed by atoms with E-state index in [1.54, 1.807) is 6.07 Å². The number of amides is 1. The van der Waals surface area contributed by atoms with Crippen molar-refractivity contribution in [2.24, 2.45) is 5.73 Å². The number of nitrogens with one attached hydrogen (secondary N) is 1. The summed E-state index contributed by atoms with van der Waals surface area (Å²) in [5, 5.41) is 3.66. The van der Waals surface area contributed by atoms with Crippen molar-refractivity contribution in [3.63, 3.8) is 0 Å². The molecular weight excluding hydrogens is 284 g/mol. The maximum absolute atomic E-state index is 11.7. The average molecular weight is 297 g/mol. The predicted molar refractivity (Wildman–Crippen MR) is 69.9 cm³/mol. The molecule has 1 aromatic heterocycles. The highest BCUT2D eigenvalue weighted by molar-refractivity contribution is 9.10. The summed E-state index contributed by atoms with van der Waals surface area (Å²) in [6.45, 7) is 1.12. The summed E-state index contributed by atoms with van der Waals surface area (Å²) >= 11 is 3.38. The molecule has 1 amide bonds. The van der Waals surface area contributed by atoms with Crippen LogP contribution in [0.3, 0.4) is 0 Å². The number of halogens is 1. The quantitative estimate of drug-likeness (QED) is 0.851. The van der Waals surface area contributed by atoms with E-state index in [9.17, 15) is 4.79 Å². The largest absolute Gasteiger partial charge is 0.450 e. The first-order chi connectivity index (χ1) is 8.22. The van der Waals surface area contributed by atoms with Crippen LogP contribution in [0.4, 0.5) is 0 Å². The van der Waals surface area contributed by atoms with Crippen LogP contribution in [-0.2, 0) is 0 Å². The van der Waals surface area contributed by atoms with Gasteiger partial charge in [-0.2, -0.15) is 0 Å². The van der Waals surface area contributed by atoms with E-state index in [0.717, 1.165) is 16.3 Å². The Morgan fingerprint density at radius 2 is 2.29 bits per heavy atom. The second-order valence-electron chi connectivity index (χ2n) is 3.67. The Bertz CT molecular complexity index is 536. The van der Waals surface area contributed by atoms with Gasteiger partial charge in [0.2, 0.25) is 0 Å². The van der Waals surface area contributed by atoms with Gasteiger partial charge in [-0.3, -0.25) is 4.79 Å². The third-order valence-electron chi connectivity index (χ3n) is 2.39. The SMILES string of the molecule is NCCCNC(=O)c1cc2cccc(Br)c2o1. The number of carbonyl (C=O) groups is 1. The van der Waals surface area contributed by atoms with Gasteiger partial charge in [0, 0.05) is 11.9 Å². The minimum Gasteiger partial charge on any atom is -0.450 e. The maximum Gasteiger partial charge on any atom is 0.287 e. The Morgan fingerprint density at radius 3 is 3.00 bits per heavy atom. The summed E-state index contributed by atoms with van der Waals surface area (Å²) in [4.78, 5) is 11.7. The van der Waals surface area contributed by atoms with E-state index in [1.165, 1.54) is 0 Å². The fourth-order valence-corrected chi connectivity index (χ4v) is 1.99. The van der Waals surface area contributed by atoms with Crippen molar-refractivity contribution in [1.82, 2.24) is 5.32 Å². The number of carbonyl (C=O) groups excluding carboxylic acids is 1. The first-order valence-corrected chi connectivity index (χ1v) is 6.18. The molecule has 0 bridgehead atoms. The molecule has 2 rings (SSSR count). The molecular formula is C12H13BrN2O2. The molecule has 0 saturated carbocycles. The molecule has 0 aliphatic carbocycles. The number of benzene rings is 1. The highest BCUT2D eigenvalue weighted by Crippen LogP contribution is 2.26. The molecule has 0 aliphatic rings. The van der Waals surface area contributed by atoms with Crippen molar-refractivity contribution in [2.75, 3.05) is 13.1 Å². The van der Waals surface area contributed by atoms with Crippen molar-refractivity contribution in [2.45, 2.75) is 6.42 Å². The molecule has 1 heterocycles. The normalized spacial score (nSPS) is 10.7. The molecule has 0 fully saturated rings. The lowest BCUT2D eigenvalue weighted by atomic mass is 10.2. The first kappa shape index (κ1) is 12.1. The third kappa shape index (κ3) is 2.68. The van der Waals surface area contributed by atoms with Gasteiger partial charge in [0.25, 0.3) is 5.91 Å². The zero-order chi connectivity index (χ0) is 12.3. The number of rotatable bonds is 4. The molecule has 3 N–H and O–H groups in total. The number of para-hydroxylation sites is 1. The monoisotopic (exact) mass is 296 g/mol. The highest BCUT2D eigenvalue weighted by Gasteiger charge is 2.12. The molecule has 0 atom stereocenters. The molecule has 2 aromatic rings. The summed E-state index contributed by atoms with van der Waals surface area (Å²) in [6, 6.07) is 7.41. The number of fused-ring (bicyclic) bond motifs is 1. The molecule has 0 spiro atoms. The van der Waals surface area contributed by atoms with Crippen molar-refractivity contribution in [1.29, 1.82) is 0 Å². The van der Waals surface area contributed by atoms with E-state index < -0.39 is 0 Å². The van der Waals surface area contributed by atoms with Crippen molar-refractivity contribution in [3.05, 3.63) is 34.5 Å². The molecule has 90 valence electrons. The van der Waals surface area contributed by atoms with Gasteiger partial charge in [0.15, 0.2) is 5.76 Å². The molecule has 1 aromatic carbocycles.